The molecule has 1 N–H and O–H groups in total. The Kier molecular flexibility index (Phi) is 5.15. The van der Waals surface area contributed by atoms with Crippen molar-refractivity contribution in [2.75, 3.05) is 0 Å². The van der Waals surface area contributed by atoms with E-state index >= 15 is 0 Å². The van der Waals surface area contributed by atoms with E-state index in [1.54, 1.807) is 24.4 Å². The van der Waals surface area contributed by atoms with Gasteiger partial charge in [0, 0.05) is 29.9 Å². The van der Waals surface area contributed by atoms with Crippen molar-refractivity contribution in [3.8, 4) is 0 Å². The molecule has 0 bridgehead atoms. The second kappa shape index (κ2) is 7.71. The molecule has 0 spiro atoms. The van der Waals surface area contributed by atoms with Crippen molar-refractivity contribution in [2.24, 2.45) is 0 Å². The maximum Gasteiger partial charge on any atom is 0.251 e. The van der Waals surface area contributed by atoms with Crippen molar-refractivity contribution in [1.29, 1.82) is 0 Å². The van der Waals surface area contributed by atoms with E-state index in [-0.39, 0.29) is 17.9 Å². The van der Waals surface area contributed by atoms with Gasteiger partial charge in [-0.25, -0.2) is 0 Å². The minimum atomic E-state index is -0.146. The van der Waals surface area contributed by atoms with Crippen LogP contribution < -0.4 is 5.32 Å². The molecule has 1 aliphatic carbocycles. The Balaban J connectivity index is 1.66. The minimum Gasteiger partial charge on any atom is -0.348 e. The van der Waals surface area contributed by atoms with Gasteiger partial charge in [0.2, 0.25) is 0 Å². The Morgan fingerprint density at radius 1 is 1.04 bits per heavy atom. The van der Waals surface area contributed by atoms with Crippen molar-refractivity contribution in [3.63, 3.8) is 0 Å². The predicted molar refractivity (Wildman–Crippen MR) is 109 cm³/mol. The van der Waals surface area contributed by atoms with Crippen LogP contribution in [0.4, 0.5) is 0 Å². The van der Waals surface area contributed by atoms with Crippen LogP contribution in [0.5, 0.6) is 0 Å². The van der Waals surface area contributed by atoms with Gasteiger partial charge in [-0.05, 0) is 53.8 Å². The first-order chi connectivity index (χ1) is 13.1. The van der Waals surface area contributed by atoms with Crippen LogP contribution in [0.2, 0.25) is 10.0 Å². The zero-order chi connectivity index (χ0) is 18.8. The van der Waals surface area contributed by atoms with Gasteiger partial charge < -0.3 is 5.32 Å². The number of nitrogens with one attached hydrogen (secondary N) is 1. The van der Waals surface area contributed by atoms with Crippen LogP contribution in [0, 0.1) is 0 Å². The summed E-state index contributed by atoms with van der Waals surface area (Å²) in [6.45, 7) is 0. The molecule has 4 rings (SSSR count). The van der Waals surface area contributed by atoms with E-state index in [1.807, 2.05) is 18.3 Å². The third-order valence-corrected chi connectivity index (χ3v) is 5.80. The number of aryl methyl sites for hydroxylation is 1. The fourth-order valence-corrected chi connectivity index (χ4v) is 4.07. The third kappa shape index (κ3) is 3.71. The molecule has 0 saturated carbocycles. The fraction of sp³-hybridized carbons (Fsp3) is 0.182. The number of hydrogen-bond acceptors (Lipinski definition) is 2. The molecule has 0 aliphatic heterocycles. The average Bonchev–Trinajstić information content (AvgIpc) is 2.70. The zero-order valence-corrected chi connectivity index (χ0v) is 16.0. The summed E-state index contributed by atoms with van der Waals surface area (Å²) in [7, 11) is 0. The first-order valence-corrected chi connectivity index (χ1v) is 9.62. The number of nitrogens with zero attached hydrogens (tertiary/aromatic N) is 1. The largest absolute Gasteiger partial charge is 0.348 e. The topological polar surface area (TPSA) is 42.0 Å². The summed E-state index contributed by atoms with van der Waals surface area (Å²) in [6, 6.07) is 17.3. The molecule has 2 aromatic carbocycles. The van der Waals surface area contributed by atoms with Crippen molar-refractivity contribution < 1.29 is 4.79 Å². The van der Waals surface area contributed by atoms with Crippen LogP contribution in [-0.2, 0) is 6.42 Å². The van der Waals surface area contributed by atoms with Gasteiger partial charge in [0.1, 0.15) is 0 Å². The number of fused-ring (bicyclic) bond motifs is 1. The molecule has 1 amide bonds. The molecule has 1 aliphatic rings. The number of carbonyl (C=O) groups excluding carboxylic acids is 1. The van der Waals surface area contributed by atoms with Gasteiger partial charge in [-0.3, -0.25) is 9.78 Å². The number of benzene rings is 2. The normalized spacial score (nSPS) is 18.6. The average molecular weight is 397 g/mol. The van der Waals surface area contributed by atoms with Crippen molar-refractivity contribution >= 4 is 29.1 Å². The van der Waals surface area contributed by atoms with Gasteiger partial charge in [-0.2, -0.15) is 0 Å². The second-order valence-electron chi connectivity index (χ2n) is 6.71. The molecule has 136 valence electrons. The van der Waals surface area contributed by atoms with Crippen LogP contribution >= 0.6 is 23.2 Å². The van der Waals surface area contributed by atoms with Crippen LogP contribution in [-0.4, -0.2) is 16.9 Å². The van der Waals surface area contributed by atoms with E-state index in [1.165, 1.54) is 11.1 Å². The zero-order valence-electron chi connectivity index (χ0n) is 14.5. The van der Waals surface area contributed by atoms with Gasteiger partial charge in [0.25, 0.3) is 5.91 Å². The number of aromatic nitrogens is 1. The maximum atomic E-state index is 12.8. The highest BCUT2D eigenvalue weighted by Gasteiger charge is 2.32. The Morgan fingerprint density at radius 2 is 1.89 bits per heavy atom. The SMILES string of the molecule is O=C(N[C@H]1CCc2ccccc2[C@H]1c1cccnc1)c1ccc(Cl)c(Cl)c1. The highest BCUT2D eigenvalue weighted by molar-refractivity contribution is 6.42. The quantitative estimate of drug-likeness (QED) is 0.655. The van der Waals surface area contributed by atoms with E-state index in [9.17, 15) is 4.79 Å². The molecule has 5 heteroatoms. The maximum absolute atomic E-state index is 12.8. The molecule has 0 fully saturated rings. The summed E-state index contributed by atoms with van der Waals surface area (Å²) in [6.07, 6.45) is 5.44. The van der Waals surface area contributed by atoms with Gasteiger partial charge in [-0.1, -0.05) is 53.5 Å². The second-order valence-corrected chi connectivity index (χ2v) is 7.52. The molecule has 2 atom stereocenters. The molecule has 1 heterocycles. The minimum absolute atomic E-state index is 0.0222. The monoisotopic (exact) mass is 396 g/mol. The smallest absolute Gasteiger partial charge is 0.251 e. The molecule has 0 radical (unpaired) electrons. The number of pyridine rings is 1. The lowest BCUT2D eigenvalue weighted by Crippen LogP contribution is -2.42. The molecule has 3 aromatic rings. The van der Waals surface area contributed by atoms with Crippen LogP contribution in [0.25, 0.3) is 0 Å². The predicted octanol–water partition coefficient (Wildman–Crippen LogP) is 5.27. The third-order valence-electron chi connectivity index (χ3n) is 5.06. The number of hydrogen-bond donors (Lipinski definition) is 1. The summed E-state index contributed by atoms with van der Waals surface area (Å²) in [5.74, 6) is -0.0813. The standard InChI is InChI=1S/C22H18Cl2N2O/c23-18-9-7-15(12-19(18)24)22(27)26-20-10-8-14-4-1-2-6-17(14)21(20)16-5-3-11-25-13-16/h1-7,9,11-13,20-21H,8,10H2,(H,26,27)/t20-,21+/m0/s1. The first kappa shape index (κ1) is 18.0. The number of halogens is 2. The molecular formula is C22H18Cl2N2O. The Morgan fingerprint density at radius 3 is 2.67 bits per heavy atom. The first-order valence-electron chi connectivity index (χ1n) is 8.87. The highest BCUT2D eigenvalue weighted by atomic mass is 35.5. The number of amides is 1. The van der Waals surface area contributed by atoms with Crippen LogP contribution in [0.1, 0.15) is 39.4 Å². The summed E-state index contributed by atoms with van der Waals surface area (Å²) in [5, 5.41) is 4.02. The van der Waals surface area contributed by atoms with Gasteiger partial charge in [-0.15, -0.1) is 0 Å². The van der Waals surface area contributed by atoms with E-state index in [4.69, 9.17) is 23.2 Å². The lowest BCUT2D eigenvalue weighted by Gasteiger charge is -2.34. The molecule has 27 heavy (non-hydrogen) atoms. The Bertz CT molecular complexity index is 975. The Hall–Kier alpha value is -2.36. The summed E-state index contributed by atoms with van der Waals surface area (Å²) >= 11 is 12.0. The van der Waals surface area contributed by atoms with E-state index < -0.39 is 0 Å². The van der Waals surface area contributed by atoms with Crippen LogP contribution in [0.15, 0.2) is 67.0 Å². The van der Waals surface area contributed by atoms with Crippen LogP contribution in [0.3, 0.4) is 0 Å². The van der Waals surface area contributed by atoms with Gasteiger partial charge >= 0.3 is 0 Å². The molecule has 1 aromatic heterocycles. The fourth-order valence-electron chi connectivity index (χ4n) is 3.78. The van der Waals surface area contributed by atoms with E-state index in [0.29, 0.717) is 15.6 Å². The lowest BCUT2D eigenvalue weighted by molar-refractivity contribution is 0.0929. The number of rotatable bonds is 3. The van der Waals surface area contributed by atoms with E-state index in [0.717, 1.165) is 18.4 Å². The molecule has 0 saturated heterocycles. The summed E-state index contributed by atoms with van der Waals surface area (Å²) in [5.41, 5.74) is 4.18. The Labute approximate surface area is 168 Å². The summed E-state index contributed by atoms with van der Waals surface area (Å²) < 4.78 is 0. The van der Waals surface area contributed by atoms with Crippen molar-refractivity contribution in [3.05, 3.63) is 99.3 Å². The lowest BCUT2D eigenvalue weighted by atomic mass is 9.76. The summed E-state index contributed by atoms with van der Waals surface area (Å²) in [4.78, 5) is 17.1. The molecular weight excluding hydrogens is 379 g/mol. The van der Waals surface area contributed by atoms with Crippen molar-refractivity contribution in [2.45, 2.75) is 24.8 Å². The number of carbonyl (C=O) groups is 1. The van der Waals surface area contributed by atoms with Gasteiger partial charge in [0.05, 0.1) is 10.0 Å². The highest BCUT2D eigenvalue weighted by Crippen LogP contribution is 2.36. The molecule has 3 nitrogen and oxygen atoms in total. The van der Waals surface area contributed by atoms with E-state index in [2.05, 4.69) is 34.6 Å². The van der Waals surface area contributed by atoms with Gasteiger partial charge in [0.15, 0.2) is 0 Å². The van der Waals surface area contributed by atoms with Crippen molar-refractivity contribution in [1.82, 2.24) is 10.3 Å². The molecule has 0 unspecified atom stereocenters.